The minimum Gasteiger partial charge on any atom is -1.00 e. The Morgan fingerprint density at radius 1 is 1.23 bits per heavy atom. The van der Waals surface area contributed by atoms with Crippen molar-refractivity contribution in [2.24, 2.45) is 0 Å². The van der Waals surface area contributed by atoms with Crippen LogP contribution in [-0.2, 0) is 6.54 Å². The highest BCUT2D eigenvalue weighted by Gasteiger charge is 2.19. The van der Waals surface area contributed by atoms with Crippen LogP contribution in [-0.4, -0.2) is 37.6 Å². The number of likely N-dealkylation sites (N-methyl/N-ethyl adjacent to an activating group) is 1. The van der Waals surface area contributed by atoms with E-state index in [4.69, 9.17) is 4.74 Å². The molecule has 1 heterocycles. The number of carbonyl (C=O) groups excluding carboxylic acids is 1. The van der Waals surface area contributed by atoms with Gasteiger partial charge in [-0.15, -0.1) is 0 Å². The van der Waals surface area contributed by atoms with E-state index in [0.717, 1.165) is 6.54 Å². The third-order valence-electron chi connectivity index (χ3n) is 3.87. The van der Waals surface area contributed by atoms with Crippen molar-refractivity contribution >= 4 is 5.78 Å². The van der Waals surface area contributed by atoms with Gasteiger partial charge in [0.2, 0.25) is 5.78 Å². The Kier molecular flexibility index (Phi) is 6.65. The van der Waals surface area contributed by atoms with Crippen molar-refractivity contribution in [3.05, 3.63) is 53.9 Å². The normalized spacial score (nSPS) is 11.9. The molecule has 0 radical (unpaired) electrons. The van der Waals surface area contributed by atoms with Crippen molar-refractivity contribution in [1.29, 1.82) is 0 Å². The molecule has 1 atom stereocenters. The van der Waals surface area contributed by atoms with E-state index in [-0.39, 0.29) is 18.2 Å². The number of nitrogens with one attached hydrogen (secondary N) is 1. The summed E-state index contributed by atoms with van der Waals surface area (Å²) in [5, 5.41) is 0. The molecule has 0 saturated carbocycles. The highest BCUT2D eigenvalue weighted by Crippen LogP contribution is 2.21. The number of para-hydroxylation sites is 1. The van der Waals surface area contributed by atoms with Crippen molar-refractivity contribution in [2.75, 3.05) is 21.2 Å². The van der Waals surface area contributed by atoms with Gasteiger partial charge in [0.25, 0.3) is 0 Å². The fraction of sp³-hybridized carbons (Fsp3) is 0.353. The Hall–Kier alpha value is -1.78. The standard InChI is InChI=1S/C17H22N2O2.ClH/c1-13(18(2)3)12-19-11-7-9-15(19)17(20)14-8-5-6-10-16(14)21-4;/h5-11,13H,12H2,1-4H3;1H. The quantitative estimate of drug-likeness (QED) is 0.641. The number of quaternary nitrogens is 1. The second-order valence-corrected chi connectivity index (χ2v) is 5.55. The lowest BCUT2D eigenvalue weighted by Gasteiger charge is -2.19. The Morgan fingerprint density at radius 2 is 1.91 bits per heavy atom. The molecule has 0 bridgehead atoms. The molecule has 0 fully saturated rings. The molecule has 2 aromatic rings. The van der Waals surface area contributed by atoms with Crippen LogP contribution in [0.25, 0.3) is 0 Å². The largest absolute Gasteiger partial charge is 1.00 e. The Balaban J connectivity index is 0.00000242. The Labute approximate surface area is 138 Å². The van der Waals surface area contributed by atoms with E-state index < -0.39 is 0 Å². The predicted octanol–water partition coefficient (Wildman–Crippen LogP) is -1.74. The average Bonchev–Trinajstić information content (AvgIpc) is 2.94. The summed E-state index contributed by atoms with van der Waals surface area (Å²) in [6, 6.07) is 11.6. The maximum Gasteiger partial charge on any atom is 0.213 e. The smallest absolute Gasteiger partial charge is 0.213 e. The molecule has 22 heavy (non-hydrogen) atoms. The van der Waals surface area contributed by atoms with Crippen molar-refractivity contribution in [2.45, 2.75) is 19.5 Å². The third kappa shape index (κ3) is 3.90. The lowest BCUT2D eigenvalue weighted by atomic mass is 10.1. The van der Waals surface area contributed by atoms with Gasteiger partial charge in [0.05, 0.1) is 39.0 Å². The first-order valence-corrected chi connectivity index (χ1v) is 7.17. The SMILES string of the molecule is COc1ccccc1C(=O)c1cccn1CC(C)[NH+](C)C.[Cl-]. The topological polar surface area (TPSA) is 35.7 Å². The van der Waals surface area contributed by atoms with Crippen LogP contribution in [0.5, 0.6) is 5.75 Å². The van der Waals surface area contributed by atoms with Crippen molar-refractivity contribution in [3.8, 4) is 5.75 Å². The molecule has 4 nitrogen and oxygen atoms in total. The van der Waals surface area contributed by atoms with Gasteiger partial charge in [0.1, 0.15) is 11.8 Å². The summed E-state index contributed by atoms with van der Waals surface area (Å²) in [5.74, 6) is 0.611. The molecule has 0 spiro atoms. The van der Waals surface area contributed by atoms with Gasteiger partial charge in [-0.2, -0.15) is 0 Å². The third-order valence-corrected chi connectivity index (χ3v) is 3.87. The van der Waals surface area contributed by atoms with Crippen molar-refractivity contribution < 1.29 is 26.8 Å². The number of halogens is 1. The molecule has 0 saturated heterocycles. The van der Waals surface area contributed by atoms with Crippen molar-refractivity contribution in [1.82, 2.24) is 4.57 Å². The number of nitrogens with zero attached hydrogens (tertiary/aromatic N) is 1. The summed E-state index contributed by atoms with van der Waals surface area (Å²) >= 11 is 0. The minimum atomic E-state index is -0.00148. The van der Waals surface area contributed by atoms with E-state index in [1.807, 2.05) is 41.1 Å². The van der Waals surface area contributed by atoms with E-state index in [2.05, 4.69) is 21.0 Å². The zero-order chi connectivity index (χ0) is 15.4. The molecule has 1 N–H and O–H groups in total. The second-order valence-electron chi connectivity index (χ2n) is 5.55. The number of hydrogen-bond acceptors (Lipinski definition) is 2. The zero-order valence-electron chi connectivity index (χ0n) is 13.5. The van der Waals surface area contributed by atoms with Gasteiger partial charge in [-0.25, -0.2) is 0 Å². The van der Waals surface area contributed by atoms with Gasteiger partial charge < -0.3 is 26.6 Å². The summed E-state index contributed by atoms with van der Waals surface area (Å²) < 4.78 is 7.31. The molecular formula is C17H23ClN2O2. The van der Waals surface area contributed by atoms with Crippen LogP contribution in [0.1, 0.15) is 23.0 Å². The first-order valence-electron chi connectivity index (χ1n) is 7.17. The number of hydrogen-bond donors (Lipinski definition) is 1. The predicted molar refractivity (Wildman–Crippen MR) is 83.1 cm³/mol. The lowest BCUT2D eigenvalue weighted by molar-refractivity contribution is -0.884. The molecular weight excluding hydrogens is 300 g/mol. The molecule has 0 amide bonds. The van der Waals surface area contributed by atoms with Crippen LogP contribution >= 0.6 is 0 Å². The summed E-state index contributed by atoms with van der Waals surface area (Å²) in [7, 11) is 5.83. The fourth-order valence-electron chi connectivity index (χ4n) is 2.23. The summed E-state index contributed by atoms with van der Waals surface area (Å²) in [5.41, 5.74) is 1.30. The molecule has 0 aliphatic heterocycles. The number of ketones is 1. The van der Waals surface area contributed by atoms with E-state index in [9.17, 15) is 4.79 Å². The molecule has 0 aliphatic carbocycles. The second kappa shape index (κ2) is 8.01. The lowest BCUT2D eigenvalue weighted by Crippen LogP contribution is -3.10. The Morgan fingerprint density at radius 3 is 2.55 bits per heavy atom. The number of methoxy groups -OCH3 is 1. The highest BCUT2D eigenvalue weighted by atomic mass is 35.5. The van der Waals surface area contributed by atoms with E-state index >= 15 is 0 Å². The van der Waals surface area contributed by atoms with Crippen LogP contribution in [0.15, 0.2) is 42.6 Å². The Bertz CT molecular complexity index is 623. The molecule has 1 unspecified atom stereocenters. The van der Waals surface area contributed by atoms with Gasteiger partial charge in [-0.1, -0.05) is 12.1 Å². The van der Waals surface area contributed by atoms with E-state index in [0.29, 0.717) is 23.0 Å². The first kappa shape index (κ1) is 18.3. The van der Waals surface area contributed by atoms with Crippen LogP contribution < -0.4 is 22.0 Å². The van der Waals surface area contributed by atoms with Crippen LogP contribution in [0.2, 0.25) is 0 Å². The number of carbonyl (C=O) groups is 1. The van der Waals surface area contributed by atoms with Gasteiger partial charge in [-0.05, 0) is 31.2 Å². The maximum absolute atomic E-state index is 12.8. The van der Waals surface area contributed by atoms with Gasteiger partial charge in [0.15, 0.2) is 0 Å². The maximum atomic E-state index is 12.8. The number of rotatable bonds is 6. The zero-order valence-corrected chi connectivity index (χ0v) is 14.2. The van der Waals surface area contributed by atoms with Crippen LogP contribution in [0, 0.1) is 0 Å². The van der Waals surface area contributed by atoms with Gasteiger partial charge in [-0.3, -0.25) is 4.79 Å². The summed E-state index contributed by atoms with van der Waals surface area (Å²) in [6.45, 7) is 2.98. The highest BCUT2D eigenvalue weighted by molar-refractivity contribution is 6.09. The van der Waals surface area contributed by atoms with Crippen molar-refractivity contribution in [3.63, 3.8) is 0 Å². The molecule has 2 rings (SSSR count). The van der Waals surface area contributed by atoms with E-state index in [1.165, 1.54) is 4.90 Å². The monoisotopic (exact) mass is 322 g/mol. The molecule has 0 aliphatic rings. The average molecular weight is 323 g/mol. The van der Waals surface area contributed by atoms with Crippen LogP contribution in [0.3, 0.4) is 0 Å². The summed E-state index contributed by atoms with van der Waals surface area (Å²) in [6.07, 6.45) is 1.96. The molecule has 120 valence electrons. The van der Waals surface area contributed by atoms with E-state index in [1.54, 1.807) is 13.2 Å². The molecule has 1 aromatic carbocycles. The van der Waals surface area contributed by atoms with Crippen LogP contribution in [0.4, 0.5) is 0 Å². The molecule has 1 aromatic heterocycles. The number of ether oxygens (including phenoxy) is 1. The van der Waals surface area contributed by atoms with Gasteiger partial charge in [0, 0.05) is 6.20 Å². The fourth-order valence-corrected chi connectivity index (χ4v) is 2.23. The number of benzene rings is 1. The summed E-state index contributed by atoms with van der Waals surface area (Å²) in [4.78, 5) is 14.1. The van der Waals surface area contributed by atoms with Gasteiger partial charge >= 0.3 is 0 Å². The first-order chi connectivity index (χ1) is 10.0. The number of aromatic nitrogens is 1. The molecule has 5 heteroatoms. The minimum absolute atomic E-state index is 0.